The van der Waals surface area contributed by atoms with Gasteiger partial charge in [-0.2, -0.15) is 4.31 Å². The summed E-state index contributed by atoms with van der Waals surface area (Å²) < 4.78 is 38.2. The molecule has 1 aromatic carbocycles. The van der Waals surface area contributed by atoms with Crippen LogP contribution in [0.25, 0.3) is 0 Å². The molecule has 102 valence electrons. The second kappa shape index (κ2) is 6.44. The smallest absolute Gasteiger partial charge is 0.244 e. The Morgan fingerprint density at radius 3 is 2.28 bits per heavy atom. The van der Waals surface area contributed by atoms with Gasteiger partial charge in [0, 0.05) is 13.1 Å². The van der Waals surface area contributed by atoms with Crippen molar-refractivity contribution in [1.82, 2.24) is 4.31 Å². The number of rotatable bonds is 6. The summed E-state index contributed by atoms with van der Waals surface area (Å²) in [6, 6.07) is 2.99. The lowest BCUT2D eigenvalue weighted by Crippen LogP contribution is -2.36. The Hall–Kier alpha value is -0.730. The standard InChI is InChI=1S/C10H13ClFNO4S/c11-9-2-1-8(12)7-10(9)18(16,17)13(3-5-14)4-6-15/h1-2,7,14-15H,3-6H2. The van der Waals surface area contributed by atoms with Gasteiger partial charge in [-0.1, -0.05) is 11.6 Å². The second-order valence-corrected chi connectivity index (χ2v) is 5.74. The summed E-state index contributed by atoms with van der Waals surface area (Å²) in [5, 5.41) is 17.5. The molecule has 0 fully saturated rings. The molecule has 5 nitrogen and oxygen atoms in total. The molecular formula is C10H13ClFNO4S. The quantitative estimate of drug-likeness (QED) is 0.799. The molecule has 0 aliphatic carbocycles. The van der Waals surface area contributed by atoms with Crippen molar-refractivity contribution in [3.8, 4) is 0 Å². The van der Waals surface area contributed by atoms with E-state index in [1.165, 1.54) is 0 Å². The lowest BCUT2D eigenvalue weighted by Gasteiger charge is -2.20. The first-order valence-corrected chi connectivity index (χ1v) is 6.92. The van der Waals surface area contributed by atoms with Crippen molar-refractivity contribution in [2.45, 2.75) is 4.90 Å². The van der Waals surface area contributed by atoms with E-state index in [1.807, 2.05) is 0 Å². The van der Waals surface area contributed by atoms with Gasteiger partial charge in [0.05, 0.1) is 18.2 Å². The Morgan fingerprint density at radius 2 is 1.78 bits per heavy atom. The number of aliphatic hydroxyl groups excluding tert-OH is 2. The normalized spacial score (nSPS) is 12.1. The van der Waals surface area contributed by atoms with Crippen LogP contribution in [-0.4, -0.2) is 49.2 Å². The second-order valence-electron chi connectivity index (χ2n) is 3.43. The average Bonchev–Trinajstić information content (AvgIpc) is 2.32. The molecule has 0 aliphatic rings. The lowest BCUT2D eigenvalue weighted by molar-refractivity contribution is 0.217. The van der Waals surface area contributed by atoms with E-state index in [1.54, 1.807) is 0 Å². The molecule has 0 aliphatic heterocycles. The zero-order valence-electron chi connectivity index (χ0n) is 9.38. The zero-order valence-corrected chi connectivity index (χ0v) is 11.0. The van der Waals surface area contributed by atoms with E-state index >= 15 is 0 Å². The predicted molar refractivity (Wildman–Crippen MR) is 64.3 cm³/mol. The third kappa shape index (κ3) is 3.39. The van der Waals surface area contributed by atoms with Crippen LogP contribution in [0.3, 0.4) is 0 Å². The first kappa shape index (κ1) is 15.3. The third-order valence-corrected chi connectivity index (χ3v) is 4.59. The summed E-state index contributed by atoms with van der Waals surface area (Å²) in [7, 11) is -4.04. The fourth-order valence-corrected chi connectivity index (χ4v) is 3.30. The highest BCUT2D eigenvalue weighted by Gasteiger charge is 2.26. The minimum atomic E-state index is -4.04. The molecule has 0 spiro atoms. The van der Waals surface area contributed by atoms with E-state index in [4.69, 9.17) is 21.8 Å². The monoisotopic (exact) mass is 297 g/mol. The molecule has 0 atom stereocenters. The summed E-state index contributed by atoms with van der Waals surface area (Å²) in [4.78, 5) is -0.383. The molecule has 0 saturated carbocycles. The summed E-state index contributed by atoms with van der Waals surface area (Å²) in [5.74, 6) is -0.731. The van der Waals surface area contributed by atoms with Gasteiger partial charge in [0.15, 0.2) is 0 Å². The molecule has 1 aromatic rings. The highest BCUT2D eigenvalue weighted by atomic mass is 35.5. The Labute approximate surface area is 109 Å². The van der Waals surface area contributed by atoms with Gasteiger partial charge in [-0.15, -0.1) is 0 Å². The fourth-order valence-electron chi connectivity index (χ4n) is 1.39. The van der Waals surface area contributed by atoms with Crippen LogP contribution in [0.4, 0.5) is 4.39 Å². The molecule has 2 N–H and O–H groups in total. The van der Waals surface area contributed by atoms with Crippen LogP contribution >= 0.6 is 11.6 Å². The van der Waals surface area contributed by atoms with Crippen molar-refractivity contribution in [1.29, 1.82) is 0 Å². The highest BCUT2D eigenvalue weighted by Crippen LogP contribution is 2.25. The van der Waals surface area contributed by atoms with Crippen molar-refractivity contribution in [3.05, 3.63) is 29.0 Å². The van der Waals surface area contributed by atoms with E-state index in [9.17, 15) is 12.8 Å². The molecule has 1 rings (SSSR count). The molecule has 0 saturated heterocycles. The topological polar surface area (TPSA) is 77.8 Å². The average molecular weight is 298 g/mol. The van der Waals surface area contributed by atoms with Gasteiger partial charge in [0.1, 0.15) is 10.7 Å². The van der Waals surface area contributed by atoms with Crippen LogP contribution < -0.4 is 0 Å². The largest absolute Gasteiger partial charge is 0.395 e. The molecule has 0 radical (unpaired) electrons. The van der Waals surface area contributed by atoms with Gasteiger partial charge in [-0.05, 0) is 18.2 Å². The number of halogens is 2. The van der Waals surface area contributed by atoms with Crippen LogP contribution in [0.2, 0.25) is 5.02 Å². The molecule has 0 unspecified atom stereocenters. The summed E-state index contributed by atoms with van der Waals surface area (Å²) >= 11 is 5.73. The summed E-state index contributed by atoms with van der Waals surface area (Å²) in [6.45, 7) is -1.22. The number of hydrogen-bond donors (Lipinski definition) is 2. The molecule has 18 heavy (non-hydrogen) atoms. The number of aliphatic hydroxyl groups is 2. The van der Waals surface area contributed by atoms with E-state index < -0.39 is 29.1 Å². The third-order valence-electron chi connectivity index (χ3n) is 2.21. The maximum atomic E-state index is 13.1. The molecule has 0 aromatic heterocycles. The van der Waals surface area contributed by atoms with Crippen LogP contribution in [-0.2, 0) is 10.0 Å². The van der Waals surface area contributed by atoms with Gasteiger partial charge < -0.3 is 10.2 Å². The first-order valence-electron chi connectivity index (χ1n) is 5.10. The molecule has 0 amide bonds. The van der Waals surface area contributed by atoms with Gasteiger partial charge in [0.25, 0.3) is 0 Å². The number of nitrogens with zero attached hydrogens (tertiary/aromatic N) is 1. The molecule has 0 heterocycles. The van der Waals surface area contributed by atoms with Crippen LogP contribution in [0.15, 0.2) is 23.1 Å². The maximum Gasteiger partial charge on any atom is 0.244 e. The van der Waals surface area contributed by atoms with Crippen molar-refractivity contribution < 1.29 is 23.0 Å². The van der Waals surface area contributed by atoms with Crippen LogP contribution in [0, 0.1) is 5.82 Å². The molecule has 8 heteroatoms. The Balaban J connectivity index is 3.21. The Morgan fingerprint density at radius 1 is 1.22 bits per heavy atom. The van der Waals surface area contributed by atoms with E-state index in [-0.39, 0.29) is 23.0 Å². The summed E-state index contributed by atoms with van der Waals surface area (Å²) in [6.07, 6.45) is 0. The van der Waals surface area contributed by atoms with Gasteiger partial charge in [-0.3, -0.25) is 0 Å². The summed E-state index contributed by atoms with van der Waals surface area (Å²) in [5.41, 5.74) is 0. The lowest BCUT2D eigenvalue weighted by atomic mass is 10.3. The van der Waals surface area contributed by atoms with Crippen LogP contribution in [0.1, 0.15) is 0 Å². The predicted octanol–water partition coefficient (Wildman–Crippen LogP) is 0.454. The van der Waals surface area contributed by atoms with E-state index in [2.05, 4.69) is 0 Å². The number of sulfonamides is 1. The number of benzene rings is 1. The highest BCUT2D eigenvalue weighted by molar-refractivity contribution is 7.89. The van der Waals surface area contributed by atoms with Gasteiger partial charge in [0.2, 0.25) is 10.0 Å². The van der Waals surface area contributed by atoms with E-state index in [0.717, 1.165) is 22.5 Å². The first-order chi connectivity index (χ1) is 8.43. The number of hydrogen-bond acceptors (Lipinski definition) is 4. The SMILES string of the molecule is O=S(=O)(c1cc(F)ccc1Cl)N(CCO)CCO. The fraction of sp³-hybridized carbons (Fsp3) is 0.400. The molecule has 0 bridgehead atoms. The van der Waals surface area contributed by atoms with Gasteiger partial charge >= 0.3 is 0 Å². The minimum absolute atomic E-state index is 0.114. The van der Waals surface area contributed by atoms with Crippen molar-refractivity contribution >= 4 is 21.6 Å². The minimum Gasteiger partial charge on any atom is -0.395 e. The maximum absolute atomic E-state index is 13.1. The van der Waals surface area contributed by atoms with Crippen molar-refractivity contribution in [2.75, 3.05) is 26.3 Å². The Bertz CT molecular complexity index is 503. The van der Waals surface area contributed by atoms with Crippen molar-refractivity contribution in [2.24, 2.45) is 0 Å². The zero-order chi connectivity index (χ0) is 13.8. The van der Waals surface area contributed by atoms with E-state index in [0.29, 0.717) is 0 Å². The van der Waals surface area contributed by atoms with Crippen LogP contribution in [0.5, 0.6) is 0 Å². The van der Waals surface area contributed by atoms with Gasteiger partial charge in [-0.25, -0.2) is 12.8 Å². The Kier molecular flexibility index (Phi) is 5.48. The van der Waals surface area contributed by atoms with Crippen molar-refractivity contribution in [3.63, 3.8) is 0 Å². The molecular weight excluding hydrogens is 285 g/mol.